The normalized spacial score (nSPS) is 16.8. The first-order valence-corrected chi connectivity index (χ1v) is 15.7. The molecule has 0 spiro atoms. The highest BCUT2D eigenvalue weighted by Gasteiger charge is 2.36. The Bertz CT molecular complexity index is 2010. The number of hydrogen-bond acceptors (Lipinski definition) is 10. The predicted molar refractivity (Wildman–Crippen MR) is 143 cm³/mol. The maximum Gasteiger partial charge on any atom is 0.296 e. The lowest BCUT2D eigenvalue weighted by molar-refractivity contribution is -0.117. The van der Waals surface area contributed by atoms with Gasteiger partial charge in [-0.3, -0.25) is 18.5 Å². The zero-order valence-corrected chi connectivity index (χ0v) is 24.0. The zero-order chi connectivity index (χ0) is 29.9. The Morgan fingerprint density at radius 2 is 1.40 bits per heavy atom. The first kappa shape index (κ1) is 29.9. The molecule has 40 heavy (non-hydrogen) atoms. The van der Waals surface area contributed by atoms with Crippen molar-refractivity contribution in [2.45, 2.75) is 34.6 Å². The van der Waals surface area contributed by atoms with Crippen LogP contribution in [0.3, 0.4) is 0 Å². The second kappa shape index (κ2) is 10.1. The highest BCUT2D eigenvalue weighted by molar-refractivity contribution is 7.86. The maximum absolute atomic E-state index is 13.1. The van der Waals surface area contributed by atoms with E-state index >= 15 is 0 Å². The van der Waals surface area contributed by atoms with Gasteiger partial charge in [-0.05, 0) is 55.1 Å². The minimum absolute atomic E-state index is 0.0308. The van der Waals surface area contributed by atoms with Crippen molar-refractivity contribution in [2.24, 2.45) is 15.3 Å². The number of hydrogen-bond donors (Lipinski definition) is 3. The summed E-state index contributed by atoms with van der Waals surface area (Å²) in [5.41, 5.74) is -0.328. The third-order valence-electron chi connectivity index (χ3n) is 5.58. The Morgan fingerprint density at radius 1 is 0.800 bits per heavy atom. The summed E-state index contributed by atoms with van der Waals surface area (Å²) >= 11 is 12.0. The van der Waals surface area contributed by atoms with Gasteiger partial charge in [0.15, 0.2) is 6.04 Å². The summed E-state index contributed by atoms with van der Waals surface area (Å²) in [7, 11) is -14.4. The lowest BCUT2D eigenvalue weighted by Crippen LogP contribution is -2.30. The van der Waals surface area contributed by atoms with E-state index in [9.17, 15) is 43.7 Å². The molecule has 3 aromatic carbocycles. The second-order valence-electron chi connectivity index (χ2n) is 8.47. The molecule has 3 aromatic rings. The lowest BCUT2D eigenvalue weighted by Gasteiger charge is -2.15. The highest BCUT2D eigenvalue weighted by Crippen LogP contribution is 2.37. The highest BCUT2D eigenvalue weighted by atomic mass is 35.5. The van der Waals surface area contributed by atoms with Crippen LogP contribution in [0.15, 0.2) is 66.4 Å². The van der Waals surface area contributed by atoms with Gasteiger partial charge in [-0.25, -0.2) is 0 Å². The molecular formula is C21H16Cl2N4O10S3. The van der Waals surface area contributed by atoms with Gasteiger partial charge in [-0.2, -0.15) is 45.6 Å². The van der Waals surface area contributed by atoms with Crippen molar-refractivity contribution in [3.63, 3.8) is 0 Å². The van der Waals surface area contributed by atoms with Crippen LogP contribution in [0.1, 0.15) is 12.5 Å². The maximum atomic E-state index is 13.1. The van der Waals surface area contributed by atoms with Gasteiger partial charge in [0.2, 0.25) is 0 Å². The van der Waals surface area contributed by atoms with E-state index in [2.05, 4.69) is 15.3 Å². The fourth-order valence-corrected chi connectivity index (χ4v) is 6.61. The molecule has 14 nitrogen and oxygen atoms in total. The lowest BCUT2D eigenvalue weighted by atomic mass is 10.1. The molecule has 0 saturated carbocycles. The summed E-state index contributed by atoms with van der Waals surface area (Å²) in [6, 6.07) is 4.77. The third kappa shape index (κ3) is 5.72. The van der Waals surface area contributed by atoms with Crippen molar-refractivity contribution in [2.75, 3.05) is 5.01 Å². The Kier molecular flexibility index (Phi) is 7.57. The van der Waals surface area contributed by atoms with Gasteiger partial charge in [-0.15, -0.1) is 0 Å². The summed E-state index contributed by atoms with van der Waals surface area (Å²) in [6.07, 6.45) is 0. The molecule has 0 fully saturated rings. The van der Waals surface area contributed by atoms with Gasteiger partial charge < -0.3 is 0 Å². The third-order valence-corrected chi connectivity index (χ3v) is 8.98. The summed E-state index contributed by atoms with van der Waals surface area (Å²) in [6.45, 7) is 2.87. The van der Waals surface area contributed by atoms with Gasteiger partial charge in [0.05, 0.1) is 21.4 Å². The molecule has 0 radical (unpaired) electrons. The summed E-state index contributed by atoms with van der Waals surface area (Å²) in [4.78, 5) is 11.1. The molecule has 0 aromatic heterocycles. The van der Waals surface area contributed by atoms with Gasteiger partial charge >= 0.3 is 0 Å². The Hall–Kier alpha value is -3.03. The molecule has 4 rings (SSSR count). The number of carbonyl (C=O) groups is 1. The van der Waals surface area contributed by atoms with E-state index < -0.39 is 67.7 Å². The quantitative estimate of drug-likeness (QED) is 0.256. The zero-order valence-electron chi connectivity index (χ0n) is 20.0. The molecule has 1 aliphatic heterocycles. The van der Waals surface area contributed by atoms with Crippen LogP contribution in [-0.2, 0) is 35.1 Å². The molecule has 1 aliphatic rings. The molecule has 1 amide bonds. The number of rotatable bonds is 6. The molecule has 1 unspecified atom stereocenters. The Balaban J connectivity index is 1.80. The molecule has 0 saturated heterocycles. The van der Waals surface area contributed by atoms with E-state index in [0.29, 0.717) is 5.56 Å². The van der Waals surface area contributed by atoms with Crippen LogP contribution in [0.5, 0.6) is 0 Å². The number of anilines is 1. The number of benzene rings is 3. The largest absolute Gasteiger partial charge is 0.296 e. The number of carbonyl (C=O) groups excluding carboxylic acids is 1. The smallest absolute Gasteiger partial charge is 0.282 e. The number of halogens is 2. The predicted octanol–water partition coefficient (Wildman–Crippen LogP) is 4.07. The van der Waals surface area contributed by atoms with E-state index in [-0.39, 0.29) is 27.2 Å². The number of azo groups is 1. The fourth-order valence-electron chi connectivity index (χ4n) is 3.85. The van der Waals surface area contributed by atoms with Crippen molar-refractivity contribution in [3.8, 4) is 0 Å². The summed E-state index contributed by atoms with van der Waals surface area (Å²) in [5.74, 6) is -0.873. The van der Waals surface area contributed by atoms with Crippen LogP contribution >= 0.6 is 23.2 Å². The van der Waals surface area contributed by atoms with E-state index in [4.69, 9.17) is 23.2 Å². The number of amides is 1. The van der Waals surface area contributed by atoms with E-state index in [0.717, 1.165) is 35.3 Å². The summed E-state index contributed by atoms with van der Waals surface area (Å²) in [5, 5.41) is 11.5. The molecule has 1 atom stereocenters. The van der Waals surface area contributed by atoms with Crippen LogP contribution in [0, 0.1) is 6.92 Å². The van der Waals surface area contributed by atoms with Crippen molar-refractivity contribution < 1.29 is 43.7 Å². The average molecular weight is 651 g/mol. The molecular weight excluding hydrogens is 635 g/mol. The molecule has 0 aliphatic carbocycles. The molecule has 19 heteroatoms. The number of fused-ring (bicyclic) bond motifs is 1. The van der Waals surface area contributed by atoms with Gasteiger partial charge in [0.25, 0.3) is 36.3 Å². The van der Waals surface area contributed by atoms with E-state index in [1.165, 1.54) is 19.9 Å². The number of aryl methyl sites for hydroxylation is 1. The number of nitrogens with zero attached hydrogens (tertiary/aromatic N) is 4. The number of hydrazone groups is 1. The van der Waals surface area contributed by atoms with E-state index in [1.54, 1.807) is 0 Å². The minimum atomic E-state index is -4.93. The topological polar surface area (TPSA) is 220 Å². The van der Waals surface area contributed by atoms with Crippen LogP contribution in [0.2, 0.25) is 10.0 Å². The van der Waals surface area contributed by atoms with Crippen LogP contribution in [0.4, 0.5) is 11.4 Å². The second-order valence-corrected chi connectivity index (χ2v) is 13.5. The van der Waals surface area contributed by atoms with Crippen LogP contribution < -0.4 is 5.01 Å². The molecule has 212 valence electrons. The van der Waals surface area contributed by atoms with E-state index in [1.807, 2.05) is 0 Å². The Labute approximate surface area is 237 Å². The SMILES string of the molecule is CC1=NN(c2cc(Cl)c(S(=O)(=O)O)cc2Cl)C(=O)C1N=Nc1cc2c(S(=O)(=O)O)cc(C)cc2cc1S(=O)(=O)O. The average Bonchev–Trinajstić information content (AvgIpc) is 3.08. The molecule has 0 bridgehead atoms. The fraction of sp³-hybridized carbons (Fsp3) is 0.143. The standard InChI is InChI=1S/C21H16Cl2N4O10S3/c1-9-3-11-5-19(40(35,36)37)15(6-12(11)17(4-9)38(29,30)31)24-25-20-10(2)26-27(21(20)28)16-7-14(23)18(8-13(16)22)39(32,33)34/h3-8,20H,1-2H3,(H,29,30,31)(H,32,33,34)(H,35,36,37). The van der Waals surface area contributed by atoms with Crippen molar-refractivity contribution in [1.82, 2.24) is 0 Å². The minimum Gasteiger partial charge on any atom is -0.282 e. The van der Waals surface area contributed by atoms with Gasteiger partial charge in [0, 0.05) is 5.39 Å². The molecule has 1 heterocycles. The summed E-state index contributed by atoms with van der Waals surface area (Å²) < 4.78 is 99.7. The monoisotopic (exact) mass is 650 g/mol. The molecule has 3 N–H and O–H groups in total. The first-order valence-electron chi connectivity index (χ1n) is 10.6. The van der Waals surface area contributed by atoms with Gasteiger partial charge in [-0.1, -0.05) is 29.3 Å². The van der Waals surface area contributed by atoms with Crippen LogP contribution in [-0.4, -0.2) is 56.6 Å². The van der Waals surface area contributed by atoms with Crippen molar-refractivity contribution >= 4 is 87.3 Å². The first-order chi connectivity index (χ1) is 18.3. The van der Waals surface area contributed by atoms with Crippen molar-refractivity contribution in [1.29, 1.82) is 0 Å². The van der Waals surface area contributed by atoms with Crippen molar-refractivity contribution in [3.05, 3.63) is 52.0 Å². The van der Waals surface area contributed by atoms with Gasteiger partial charge in [0.1, 0.15) is 20.4 Å². The Morgan fingerprint density at radius 3 is 1.98 bits per heavy atom. The van der Waals surface area contributed by atoms with Crippen LogP contribution in [0.25, 0.3) is 10.8 Å².